The standard InChI is InChI=1S/C21H36N5O8PS/c1-13(2)26(14(3)4)18(7-9-22)33-35-34-19-15(12-32-24-36(6,29)30)11-16(20(19)31-5)25-10-8-17(27)23-21(25)28/h8,10,13-16,18-20,24,35H,7,11-12H2,1-6H3,(H,23,27,28)/t15-,16-,18?,19-,20+/m1/s1. The van der Waals surface area contributed by atoms with E-state index in [4.69, 9.17) is 18.6 Å². The third-order valence-corrected chi connectivity index (χ3v) is 7.02. The largest absolute Gasteiger partial charge is 0.377 e. The Labute approximate surface area is 213 Å². The van der Waals surface area contributed by atoms with E-state index < -0.39 is 54.8 Å². The van der Waals surface area contributed by atoms with E-state index in [1.165, 1.54) is 23.9 Å². The van der Waals surface area contributed by atoms with Gasteiger partial charge in [0.25, 0.3) is 5.56 Å². The Kier molecular flexibility index (Phi) is 11.7. The molecule has 1 aliphatic rings. The highest BCUT2D eigenvalue weighted by atomic mass is 32.2. The summed E-state index contributed by atoms with van der Waals surface area (Å²) in [6.45, 7) is 8.02. The van der Waals surface area contributed by atoms with E-state index >= 15 is 0 Å². The summed E-state index contributed by atoms with van der Waals surface area (Å²) in [5.41, 5.74) is -1.12. The summed E-state index contributed by atoms with van der Waals surface area (Å²) in [6, 6.07) is 3.14. The molecule has 0 radical (unpaired) electrons. The van der Waals surface area contributed by atoms with E-state index in [-0.39, 0.29) is 31.0 Å². The van der Waals surface area contributed by atoms with Crippen molar-refractivity contribution in [1.29, 1.82) is 5.26 Å². The Bertz CT molecular complexity index is 1090. The van der Waals surface area contributed by atoms with E-state index in [1.54, 1.807) is 0 Å². The van der Waals surface area contributed by atoms with Crippen LogP contribution in [0.3, 0.4) is 0 Å². The molecule has 1 fully saturated rings. The van der Waals surface area contributed by atoms with E-state index in [9.17, 15) is 23.3 Å². The average molecular weight is 550 g/mol. The van der Waals surface area contributed by atoms with Gasteiger partial charge < -0.3 is 13.8 Å². The van der Waals surface area contributed by atoms with Crippen molar-refractivity contribution in [2.45, 2.75) is 77.1 Å². The van der Waals surface area contributed by atoms with Crippen molar-refractivity contribution in [1.82, 2.24) is 19.3 Å². The van der Waals surface area contributed by atoms with Crippen molar-refractivity contribution in [2.24, 2.45) is 5.92 Å². The van der Waals surface area contributed by atoms with Crippen LogP contribution in [-0.4, -0.2) is 73.4 Å². The quantitative estimate of drug-likeness (QED) is 0.193. The van der Waals surface area contributed by atoms with Gasteiger partial charge in [-0.2, -0.15) is 5.26 Å². The molecule has 0 bridgehead atoms. The fourth-order valence-corrected chi connectivity index (χ4v) is 5.67. The second-order valence-electron chi connectivity index (χ2n) is 9.18. The molecule has 0 saturated heterocycles. The van der Waals surface area contributed by atoms with Crippen LogP contribution < -0.4 is 16.1 Å². The lowest BCUT2D eigenvalue weighted by Gasteiger charge is -2.36. The molecule has 2 N–H and O–H groups in total. The van der Waals surface area contributed by atoms with Crippen LogP contribution in [0.15, 0.2) is 21.9 Å². The first kappa shape index (κ1) is 30.5. The number of aromatic amines is 1. The monoisotopic (exact) mass is 549 g/mol. The molecule has 0 spiro atoms. The van der Waals surface area contributed by atoms with Crippen molar-refractivity contribution >= 4 is 19.1 Å². The normalized spacial score (nSPS) is 23.8. The number of methoxy groups -OCH3 is 1. The predicted octanol–water partition coefficient (Wildman–Crippen LogP) is 0.862. The zero-order chi connectivity index (χ0) is 27.0. The lowest BCUT2D eigenvalue weighted by Crippen LogP contribution is -2.45. The fraction of sp³-hybridized carbons (Fsp3) is 0.762. The van der Waals surface area contributed by atoms with Crippen LogP contribution in [0.2, 0.25) is 0 Å². The highest BCUT2D eigenvalue weighted by Crippen LogP contribution is 2.41. The van der Waals surface area contributed by atoms with Crippen LogP contribution in [0.5, 0.6) is 0 Å². The summed E-state index contributed by atoms with van der Waals surface area (Å²) in [4.78, 5) is 35.5. The Hall–Kier alpha value is -1.69. The first-order valence-electron chi connectivity index (χ1n) is 11.5. The Morgan fingerprint density at radius 3 is 2.47 bits per heavy atom. The summed E-state index contributed by atoms with van der Waals surface area (Å²) >= 11 is 0. The molecule has 6 atom stereocenters. The second kappa shape index (κ2) is 13.7. The third kappa shape index (κ3) is 8.43. The summed E-state index contributed by atoms with van der Waals surface area (Å²) in [5.74, 6) is -0.384. The number of rotatable bonds is 14. The second-order valence-corrected chi connectivity index (χ2v) is 11.5. The third-order valence-electron chi connectivity index (χ3n) is 5.86. The van der Waals surface area contributed by atoms with Crippen LogP contribution in [0.4, 0.5) is 0 Å². The van der Waals surface area contributed by atoms with Gasteiger partial charge in [0.05, 0.1) is 37.5 Å². The molecule has 2 rings (SSSR count). The number of hydrogen-bond acceptors (Lipinski definition) is 10. The summed E-state index contributed by atoms with van der Waals surface area (Å²) in [5, 5.41) is 9.31. The predicted molar refractivity (Wildman–Crippen MR) is 134 cm³/mol. The molecule has 204 valence electrons. The van der Waals surface area contributed by atoms with E-state index in [2.05, 4.69) is 16.0 Å². The number of nitriles is 1. The maximum absolute atomic E-state index is 12.5. The molecule has 1 aliphatic carbocycles. The molecule has 1 aromatic heterocycles. The van der Waals surface area contributed by atoms with Gasteiger partial charge in [0.2, 0.25) is 10.0 Å². The Balaban J connectivity index is 2.24. The number of nitrogens with zero attached hydrogens (tertiary/aromatic N) is 3. The first-order valence-corrected chi connectivity index (χ1v) is 14.2. The molecule has 0 aromatic carbocycles. The smallest absolute Gasteiger partial charge is 0.328 e. The van der Waals surface area contributed by atoms with Gasteiger partial charge >= 0.3 is 5.69 Å². The molecule has 2 unspecified atom stereocenters. The molecule has 13 nitrogen and oxygen atoms in total. The van der Waals surface area contributed by atoms with Gasteiger partial charge in [-0.15, -0.1) is 0 Å². The molecule has 36 heavy (non-hydrogen) atoms. The number of H-pyrrole nitrogens is 1. The SMILES string of the molecule is CO[C@@H]1[C@H](OPOC(CC#N)N(C(C)C)C(C)C)[C@@H](CONS(C)(=O)=O)C[C@H]1n1ccc(=O)[nH]c1=O. The molecular formula is C21H36N5O8PS. The van der Waals surface area contributed by atoms with Gasteiger partial charge in [-0.05, 0) is 34.1 Å². The molecule has 0 aliphatic heterocycles. The average Bonchev–Trinajstić information content (AvgIpc) is 3.09. The minimum atomic E-state index is -3.59. The van der Waals surface area contributed by atoms with Crippen LogP contribution in [0.1, 0.15) is 46.6 Å². The van der Waals surface area contributed by atoms with Crippen molar-refractivity contribution in [3.63, 3.8) is 0 Å². The topological polar surface area (TPSA) is 165 Å². The van der Waals surface area contributed by atoms with Crippen LogP contribution in [0, 0.1) is 17.2 Å². The molecular weight excluding hydrogens is 513 g/mol. The summed E-state index contributed by atoms with van der Waals surface area (Å²) in [7, 11) is -2.58. The van der Waals surface area contributed by atoms with Crippen molar-refractivity contribution in [3.8, 4) is 6.07 Å². The summed E-state index contributed by atoms with van der Waals surface area (Å²) in [6.07, 6.45) is 1.09. The Morgan fingerprint density at radius 1 is 1.28 bits per heavy atom. The van der Waals surface area contributed by atoms with Gasteiger partial charge in [0.1, 0.15) is 12.3 Å². The van der Waals surface area contributed by atoms with Gasteiger partial charge in [-0.3, -0.25) is 24.1 Å². The van der Waals surface area contributed by atoms with Gasteiger partial charge in [-0.25, -0.2) is 13.2 Å². The van der Waals surface area contributed by atoms with Crippen molar-refractivity contribution in [2.75, 3.05) is 20.0 Å². The number of hydrogen-bond donors (Lipinski definition) is 2. The molecule has 1 heterocycles. The van der Waals surface area contributed by atoms with Gasteiger partial charge in [0, 0.05) is 37.4 Å². The van der Waals surface area contributed by atoms with Crippen LogP contribution in [0.25, 0.3) is 0 Å². The highest BCUT2D eigenvalue weighted by Gasteiger charge is 2.46. The molecule has 15 heteroatoms. The van der Waals surface area contributed by atoms with Gasteiger partial charge in [-0.1, -0.05) is 4.89 Å². The van der Waals surface area contributed by atoms with E-state index in [0.29, 0.717) is 6.42 Å². The molecule has 1 saturated carbocycles. The number of ether oxygens (including phenoxy) is 1. The zero-order valence-electron chi connectivity index (χ0n) is 21.3. The minimum Gasteiger partial charge on any atom is -0.377 e. The Morgan fingerprint density at radius 2 is 1.94 bits per heavy atom. The van der Waals surface area contributed by atoms with E-state index in [1.807, 2.05) is 32.6 Å². The molecule has 0 amide bonds. The fourth-order valence-electron chi connectivity index (χ4n) is 4.58. The van der Waals surface area contributed by atoms with Gasteiger partial charge in [0.15, 0.2) is 9.03 Å². The van der Waals surface area contributed by atoms with Crippen LogP contribution >= 0.6 is 9.03 Å². The lowest BCUT2D eigenvalue weighted by molar-refractivity contribution is -0.0446. The first-order chi connectivity index (χ1) is 16.9. The number of nitrogens with one attached hydrogen (secondary N) is 2. The highest BCUT2D eigenvalue weighted by molar-refractivity contribution is 7.88. The zero-order valence-corrected chi connectivity index (χ0v) is 23.1. The van der Waals surface area contributed by atoms with E-state index in [0.717, 1.165) is 6.26 Å². The number of sulfonamides is 1. The maximum atomic E-state index is 12.5. The van der Waals surface area contributed by atoms with Crippen molar-refractivity contribution in [3.05, 3.63) is 33.1 Å². The van der Waals surface area contributed by atoms with Crippen molar-refractivity contribution < 1.29 is 27.0 Å². The molecule has 1 aromatic rings. The maximum Gasteiger partial charge on any atom is 0.328 e. The van der Waals surface area contributed by atoms with Crippen LogP contribution in [-0.2, 0) is 28.6 Å². The summed E-state index contributed by atoms with van der Waals surface area (Å²) < 4.78 is 42.0. The lowest BCUT2D eigenvalue weighted by atomic mass is 10.1. The minimum absolute atomic E-state index is 0.0532. The number of aromatic nitrogens is 2.